The number of rotatable bonds is 4. The van der Waals surface area contributed by atoms with Gasteiger partial charge >= 0.3 is 5.69 Å². The third-order valence-electron chi connectivity index (χ3n) is 6.90. The first-order valence-corrected chi connectivity index (χ1v) is 12.0. The van der Waals surface area contributed by atoms with E-state index in [0.717, 1.165) is 36.4 Å². The molecule has 0 radical (unpaired) electrons. The van der Waals surface area contributed by atoms with Crippen molar-refractivity contribution in [2.24, 2.45) is 0 Å². The van der Waals surface area contributed by atoms with Crippen molar-refractivity contribution in [3.05, 3.63) is 81.3 Å². The Hall–Kier alpha value is -3.85. The highest BCUT2D eigenvalue weighted by molar-refractivity contribution is 6.30. The molecule has 10 heteroatoms. The lowest BCUT2D eigenvalue weighted by Crippen LogP contribution is -2.47. The molecule has 35 heavy (non-hydrogen) atoms. The zero-order valence-electron chi connectivity index (χ0n) is 19.0. The summed E-state index contributed by atoms with van der Waals surface area (Å²) in [7, 11) is 0. The molecule has 2 aliphatic heterocycles. The molecule has 4 heterocycles. The summed E-state index contributed by atoms with van der Waals surface area (Å²) >= 11 is 6.15. The molecule has 178 valence electrons. The molecule has 0 amide bonds. The summed E-state index contributed by atoms with van der Waals surface area (Å²) in [5.41, 5.74) is 4.49. The first kappa shape index (κ1) is 21.7. The van der Waals surface area contributed by atoms with E-state index in [0.29, 0.717) is 42.8 Å². The monoisotopic (exact) mass is 489 g/mol. The average molecular weight is 490 g/mol. The van der Waals surface area contributed by atoms with E-state index in [4.69, 9.17) is 11.6 Å². The number of aromatic nitrogens is 3. The van der Waals surface area contributed by atoms with Gasteiger partial charge in [-0.15, -0.1) is 0 Å². The zero-order chi connectivity index (χ0) is 23.9. The molecule has 9 nitrogen and oxygen atoms in total. The van der Waals surface area contributed by atoms with E-state index in [2.05, 4.69) is 32.0 Å². The van der Waals surface area contributed by atoms with Crippen LogP contribution in [-0.2, 0) is 13.0 Å². The molecule has 0 aliphatic carbocycles. The van der Waals surface area contributed by atoms with Crippen LogP contribution in [0, 0.1) is 10.1 Å². The maximum absolute atomic E-state index is 12.3. The van der Waals surface area contributed by atoms with Crippen molar-refractivity contribution in [2.45, 2.75) is 13.0 Å². The Morgan fingerprint density at radius 3 is 2.43 bits per heavy atom. The number of anilines is 3. The maximum atomic E-state index is 12.3. The van der Waals surface area contributed by atoms with E-state index >= 15 is 0 Å². The predicted molar refractivity (Wildman–Crippen MR) is 138 cm³/mol. The van der Waals surface area contributed by atoms with Crippen LogP contribution in [0.2, 0.25) is 5.02 Å². The van der Waals surface area contributed by atoms with Crippen LogP contribution in [0.4, 0.5) is 23.0 Å². The molecular formula is C25H24ClN7O2. The first-order valence-electron chi connectivity index (χ1n) is 11.7. The van der Waals surface area contributed by atoms with Crippen molar-refractivity contribution in [1.29, 1.82) is 0 Å². The van der Waals surface area contributed by atoms with E-state index in [1.54, 1.807) is 0 Å². The van der Waals surface area contributed by atoms with E-state index in [1.165, 1.54) is 17.3 Å². The molecule has 0 unspecified atom stereocenters. The quantitative estimate of drug-likeness (QED) is 0.335. The second-order valence-electron chi connectivity index (χ2n) is 8.88. The summed E-state index contributed by atoms with van der Waals surface area (Å²) in [5.74, 6) is 0.759. The third-order valence-corrected chi connectivity index (χ3v) is 7.14. The van der Waals surface area contributed by atoms with Crippen molar-refractivity contribution < 1.29 is 4.92 Å². The van der Waals surface area contributed by atoms with Crippen molar-refractivity contribution >= 4 is 45.5 Å². The van der Waals surface area contributed by atoms with Crippen molar-refractivity contribution in [1.82, 2.24) is 15.0 Å². The van der Waals surface area contributed by atoms with Crippen molar-refractivity contribution in [2.75, 3.05) is 47.4 Å². The van der Waals surface area contributed by atoms with Crippen LogP contribution in [0.5, 0.6) is 0 Å². The highest BCUT2D eigenvalue weighted by Crippen LogP contribution is 2.38. The minimum Gasteiger partial charge on any atom is -0.368 e. The topological polar surface area (TPSA) is 94.4 Å². The van der Waals surface area contributed by atoms with Gasteiger partial charge in [0, 0.05) is 60.0 Å². The molecule has 2 aromatic heterocycles. The summed E-state index contributed by atoms with van der Waals surface area (Å²) in [4.78, 5) is 30.4. The number of benzene rings is 2. The van der Waals surface area contributed by atoms with Crippen LogP contribution < -0.4 is 14.7 Å². The minimum absolute atomic E-state index is 0.0248. The van der Waals surface area contributed by atoms with Gasteiger partial charge in [0.15, 0.2) is 0 Å². The summed E-state index contributed by atoms with van der Waals surface area (Å²) in [6.45, 7) is 3.89. The van der Waals surface area contributed by atoms with Gasteiger partial charge in [-0.1, -0.05) is 35.9 Å². The second kappa shape index (κ2) is 8.74. The Balaban J connectivity index is 1.27. The number of piperazine rings is 1. The molecule has 1 fully saturated rings. The molecule has 6 rings (SSSR count). The highest BCUT2D eigenvalue weighted by atomic mass is 35.5. The molecule has 0 spiro atoms. The van der Waals surface area contributed by atoms with Gasteiger partial charge in [0.05, 0.1) is 11.5 Å². The number of H-pyrrole nitrogens is 1. The molecular weight excluding hydrogens is 466 g/mol. The van der Waals surface area contributed by atoms with Gasteiger partial charge in [-0.3, -0.25) is 10.1 Å². The fraction of sp³-hybridized carbons (Fsp3) is 0.280. The van der Waals surface area contributed by atoms with Crippen LogP contribution in [0.25, 0.3) is 10.9 Å². The van der Waals surface area contributed by atoms with Gasteiger partial charge < -0.3 is 19.7 Å². The van der Waals surface area contributed by atoms with Crippen LogP contribution in [0.3, 0.4) is 0 Å². The number of para-hydroxylation sites is 1. The fourth-order valence-electron chi connectivity index (χ4n) is 5.21. The standard InChI is InChI=1S/C25H24ClN7O2/c26-17-4-3-5-18(14-17)30-10-12-31(13-11-30)24-23(33(34)35)25(28-16-27-24)32-9-8-20-19-6-1-2-7-21(19)29-22(20)15-32/h1-7,14,16,29H,8-13,15H2. The smallest absolute Gasteiger partial charge is 0.353 e. The lowest BCUT2D eigenvalue weighted by atomic mass is 10.0. The number of aromatic amines is 1. The molecule has 1 saturated heterocycles. The van der Waals surface area contributed by atoms with Crippen molar-refractivity contribution in [3.63, 3.8) is 0 Å². The van der Waals surface area contributed by atoms with Gasteiger partial charge in [0.1, 0.15) is 6.33 Å². The number of halogens is 1. The van der Waals surface area contributed by atoms with Crippen LogP contribution in [-0.4, -0.2) is 52.6 Å². The van der Waals surface area contributed by atoms with Crippen LogP contribution >= 0.6 is 11.6 Å². The SMILES string of the molecule is O=[N+]([O-])c1c(N2CCN(c3cccc(Cl)c3)CC2)ncnc1N1CCc2c([nH]c3ccccc23)C1. The normalized spacial score (nSPS) is 16.0. The number of nitrogens with one attached hydrogen (secondary N) is 1. The summed E-state index contributed by atoms with van der Waals surface area (Å²) in [5, 5.41) is 14.2. The first-order chi connectivity index (χ1) is 17.1. The Kier molecular flexibility index (Phi) is 5.41. The van der Waals surface area contributed by atoms with Crippen LogP contribution in [0.1, 0.15) is 11.3 Å². The molecule has 2 aromatic carbocycles. The van der Waals surface area contributed by atoms with Gasteiger partial charge in [0.25, 0.3) is 0 Å². The molecule has 0 saturated carbocycles. The van der Waals surface area contributed by atoms with Crippen molar-refractivity contribution in [3.8, 4) is 0 Å². The minimum atomic E-state index is -0.339. The zero-order valence-corrected chi connectivity index (χ0v) is 19.8. The Morgan fingerprint density at radius 2 is 1.66 bits per heavy atom. The third kappa shape index (κ3) is 3.91. The van der Waals surface area contributed by atoms with Gasteiger partial charge in [-0.05, 0) is 36.2 Å². The number of hydrogen-bond donors (Lipinski definition) is 1. The van der Waals surface area contributed by atoms with E-state index in [1.807, 2.05) is 46.2 Å². The van der Waals surface area contributed by atoms with E-state index in [9.17, 15) is 10.1 Å². The fourth-order valence-corrected chi connectivity index (χ4v) is 5.39. The number of fused-ring (bicyclic) bond motifs is 3. The lowest BCUT2D eigenvalue weighted by Gasteiger charge is -2.37. The molecule has 0 bridgehead atoms. The molecule has 2 aliphatic rings. The number of nitrogens with zero attached hydrogens (tertiary/aromatic N) is 6. The Labute approximate surface area is 207 Å². The Morgan fingerprint density at radius 1 is 0.914 bits per heavy atom. The predicted octanol–water partition coefficient (Wildman–Crippen LogP) is 4.41. The summed E-state index contributed by atoms with van der Waals surface area (Å²) in [6.07, 6.45) is 2.25. The number of hydrogen-bond acceptors (Lipinski definition) is 7. The molecule has 4 aromatic rings. The molecule has 0 atom stereocenters. The van der Waals surface area contributed by atoms with Gasteiger partial charge in [-0.2, -0.15) is 0 Å². The highest BCUT2D eigenvalue weighted by Gasteiger charge is 2.33. The van der Waals surface area contributed by atoms with E-state index < -0.39 is 0 Å². The second-order valence-corrected chi connectivity index (χ2v) is 9.32. The number of nitro groups is 1. The van der Waals surface area contributed by atoms with Gasteiger partial charge in [-0.25, -0.2) is 9.97 Å². The summed E-state index contributed by atoms with van der Waals surface area (Å²) < 4.78 is 0. The van der Waals surface area contributed by atoms with Crippen LogP contribution in [0.15, 0.2) is 54.9 Å². The molecule has 1 N–H and O–H groups in total. The lowest BCUT2D eigenvalue weighted by molar-refractivity contribution is -0.383. The van der Waals surface area contributed by atoms with E-state index in [-0.39, 0.29) is 10.6 Å². The van der Waals surface area contributed by atoms with Gasteiger partial charge in [0.2, 0.25) is 11.6 Å². The maximum Gasteiger partial charge on any atom is 0.353 e. The largest absolute Gasteiger partial charge is 0.368 e. The average Bonchev–Trinajstić information content (AvgIpc) is 3.26. The summed E-state index contributed by atoms with van der Waals surface area (Å²) in [6, 6.07) is 16.0. The Bertz CT molecular complexity index is 1410.